The zero-order valence-corrected chi connectivity index (χ0v) is 10.7. The zero-order valence-electron chi connectivity index (χ0n) is 9.09. The Bertz CT molecular complexity index is 379. The number of hydrogen-bond acceptors (Lipinski definition) is 7. The Labute approximate surface area is 101 Å². The first-order chi connectivity index (χ1) is 7.56. The van der Waals surface area contributed by atoms with Crippen molar-refractivity contribution in [2.24, 2.45) is 5.16 Å². The van der Waals surface area contributed by atoms with Gasteiger partial charge in [-0.1, -0.05) is 5.16 Å². The van der Waals surface area contributed by atoms with Gasteiger partial charge in [-0.3, -0.25) is 4.90 Å². The first-order valence-corrected chi connectivity index (χ1v) is 6.68. The highest BCUT2D eigenvalue weighted by atomic mass is 32.2. The lowest BCUT2D eigenvalue weighted by Crippen LogP contribution is -2.38. The number of halogens is 3. The van der Waals surface area contributed by atoms with E-state index in [9.17, 15) is 21.6 Å². The van der Waals surface area contributed by atoms with Gasteiger partial charge in [0.15, 0.2) is 0 Å². The molecule has 0 heterocycles. The molecule has 1 atom stereocenters. The van der Waals surface area contributed by atoms with E-state index in [1.165, 1.54) is 25.3 Å². The van der Waals surface area contributed by atoms with Crippen LogP contribution in [0.3, 0.4) is 0 Å². The van der Waals surface area contributed by atoms with Gasteiger partial charge in [0.2, 0.25) is 0 Å². The molecule has 0 radical (unpaired) electrons. The van der Waals surface area contributed by atoms with Gasteiger partial charge in [-0.25, -0.2) is 0 Å². The number of thioether (sulfide) groups is 1. The van der Waals surface area contributed by atoms with E-state index in [0.29, 0.717) is 0 Å². The number of oxime groups is 1. The monoisotopic (exact) mass is 296 g/mol. The van der Waals surface area contributed by atoms with Crippen LogP contribution in [0.4, 0.5) is 13.2 Å². The van der Waals surface area contributed by atoms with Crippen LogP contribution in [-0.2, 0) is 14.3 Å². The van der Waals surface area contributed by atoms with Gasteiger partial charge in [-0.15, -0.1) is 11.8 Å². The van der Waals surface area contributed by atoms with Crippen LogP contribution >= 0.6 is 11.8 Å². The third kappa shape index (κ3) is 4.24. The first kappa shape index (κ1) is 16.3. The predicted octanol–water partition coefficient (Wildman–Crippen LogP) is 0.891. The standard InChI is InChI=1S/C6H11F3N2O4S2/c1-11(2)5(16-3)4(10-12)15-17(13,14)6(7,8)9/h5,12H,1-3H3/b10-4-. The highest BCUT2D eigenvalue weighted by molar-refractivity contribution is 8.00. The smallest absolute Gasteiger partial charge is 0.408 e. The van der Waals surface area contributed by atoms with E-state index in [2.05, 4.69) is 9.34 Å². The van der Waals surface area contributed by atoms with Crippen molar-refractivity contribution >= 4 is 27.8 Å². The van der Waals surface area contributed by atoms with Crippen LogP contribution in [0.2, 0.25) is 0 Å². The average molecular weight is 296 g/mol. The zero-order chi connectivity index (χ0) is 13.9. The van der Waals surface area contributed by atoms with Crippen LogP contribution in [0, 0.1) is 0 Å². The minimum Gasteiger partial charge on any atom is -0.408 e. The molecule has 0 aliphatic rings. The molecular weight excluding hydrogens is 285 g/mol. The third-order valence-electron chi connectivity index (χ3n) is 1.48. The van der Waals surface area contributed by atoms with Crippen molar-refractivity contribution in [2.45, 2.75) is 10.9 Å². The van der Waals surface area contributed by atoms with E-state index >= 15 is 0 Å². The fraction of sp³-hybridized carbons (Fsp3) is 0.833. The lowest BCUT2D eigenvalue weighted by molar-refractivity contribution is -0.0507. The van der Waals surface area contributed by atoms with E-state index in [0.717, 1.165) is 11.8 Å². The Hall–Kier alpha value is -0.680. The first-order valence-electron chi connectivity index (χ1n) is 3.98. The molecule has 102 valence electrons. The summed E-state index contributed by atoms with van der Waals surface area (Å²) in [6.07, 6.45) is 1.49. The summed E-state index contributed by atoms with van der Waals surface area (Å²) in [5, 5.41) is 9.97. The summed E-state index contributed by atoms with van der Waals surface area (Å²) in [6, 6.07) is 0. The van der Waals surface area contributed by atoms with Crippen molar-refractivity contribution in [2.75, 3.05) is 20.4 Å². The molecule has 1 N–H and O–H groups in total. The van der Waals surface area contributed by atoms with Crippen LogP contribution in [0.25, 0.3) is 0 Å². The van der Waals surface area contributed by atoms with Crippen molar-refractivity contribution in [1.82, 2.24) is 4.90 Å². The van der Waals surface area contributed by atoms with Crippen molar-refractivity contribution in [3.05, 3.63) is 0 Å². The normalized spacial score (nSPS) is 16.1. The van der Waals surface area contributed by atoms with Crippen molar-refractivity contribution in [3.8, 4) is 0 Å². The maximum Gasteiger partial charge on any atom is 0.534 e. The fourth-order valence-corrected chi connectivity index (χ4v) is 2.02. The number of alkyl halides is 3. The van der Waals surface area contributed by atoms with Gasteiger partial charge in [0.05, 0.1) is 0 Å². The Balaban J connectivity index is 5.11. The van der Waals surface area contributed by atoms with Gasteiger partial charge < -0.3 is 9.39 Å². The molecule has 0 bridgehead atoms. The molecule has 0 fully saturated rings. The predicted molar refractivity (Wildman–Crippen MR) is 56.3 cm³/mol. The average Bonchev–Trinajstić information content (AvgIpc) is 2.14. The van der Waals surface area contributed by atoms with Gasteiger partial charge in [0.1, 0.15) is 5.37 Å². The summed E-state index contributed by atoms with van der Waals surface area (Å²) in [4.78, 5) is 1.33. The summed E-state index contributed by atoms with van der Waals surface area (Å²) in [5.41, 5.74) is -5.57. The molecule has 0 aliphatic carbocycles. The second-order valence-electron chi connectivity index (χ2n) is 2.97. The van der Waals surface area contributed by atoms with E-state index in [1.807, 2.05) is 0 Å². The number of rotatable bonds is 4. The maximum atomic E-state index is 12.0. The summed E-state index contributed by atoms with van der Waals surface area (Å²) < 4.78 is 61.2. The van der Waals surface area contributed by atoms with Crippen LogP contribution in [-0.4, -0.2) is 55.7 Å². The van der Waals surface area contributed by atoms with Crippen LogP contribution in [0.5, 0.6) is 0 Å². The van der Waals surface area contributed by atoms with Gasteiger partial charge in [0, 0.05) is 0 Å². The van der Waals surface area contributed by atoms with Gasteiger partial charge in [-0.2, -0.15) is 21.6 Å². The molecule has 0 amide bonds. The van der Waals surface area contributed by atoms with Crippen molar-refractivity contribution in [1.29, 1.82) is 0 Å². The van der Waals surface area contributed by atoms with E-state index < -0.39 is 26.9 Å². The van der Waals surface area contributed by atoms with Crippen molar-refractivity contribution in [3.63, 3.8) is 0 Å². The highest BCUT2D eigenvalue weighted by Crippen LogP contribution is 2.26. The van der Waals surface area contributed by atoms with Crippen molar-refractivity contribution < 1.29 is 31.0 Å². The molecule has 0 spiro atoms. The topological polar surface area (TPSA) is 79.2 Å². The molecule has 0 aromatic rings. The minimum absolute atomic E-state index is 0.940. The molecule has 0 aromatic heterocycles. The molecule has 0 aromatic carbocycles. The molecule has 0 rings (SSSR count). The molecule has 0 aliphatic heterocycles. The molecule has 1 unspecified atom stereocenters. The van der Waals surface area contributed by atoms with Crippen LogP contribution < -0.4 is 0 Å². The lowest BCUT2D eigenvalue weighted by atomic mass is 10.6. The summed E-state index contributed by atoms with van der Waals surface area (Å²) in [6.45, 7) is 0. The number of hydrogen-bond donors (Lipinski definition) is 1. The SMILES string of the molecule is CSC(/C(=N/O)OS(=O)(=O)C(F)(F)F)N(C)C. The second kappa shape index (κ2) is 5.78. The molecular formula is C6H11F3N2O4S2. The molecule has 11 heteroatoms. The molecule has 6 nitrogen and oxygen atoms in total. The summed E-state index contributed by atoms with van der Waals surface area (Å²) in [5.74, 6) is -0.958. The molecule has 0 saturated heterocycles. The fourth-order valence-electron chi connectivity index (χ4n) is 0.799. The van der Waals surface area contributed by atoms with E-state index in [4.69, 9.17) is 5.21 Å². The second-order valence-corrected chi connectivity index (χ2v) is 5.43. The van der Waals surface area contributed by atoms with Gasteiger partial charge in [-0.05, 0) is 20.4 Å². The molecule has 0 saturated carbocycles. The van der Waals surface area contributed by atoms with E-state index in [1.54, 1.807) is 0 Å². The quantitative estimate of drug-likeness (QED) is 0.158. The lowest BCUT2D eigenvalue weighted by Gasteiger charge is -2.22. The Morgan fingerprint density at radius 3 is 2.18 bits per heavy atom. The van der Waals surface area contributed by atoms with E-state index in [-0.39, 0.29) is 0 Å². The minimum atomic E-state index is -5.83. The maximum absolute atomic E-state index is 12.0. The van der Waals surface area contributed by atoms with Gasteiger partial charge in [0.25, 0.3) is 5.90 Å². The largest absolute Gasteiger partial charge is 0.534 e. The Kier molecular flexibility index (Phi) is 5.55. The Morgan fingerprint density at radius 2 is 1.94 bits per heavy atom. The summed E-state index contributed by atoms with van der Waals surface area (Å²) in [7, 11) is -2.92. The Morgan fingerprint density at radius 1 is 1.47 bits per heavy atom. The number of nitrogens with zero attached hydrogens (tertiary/aromatic N) is 2. The third-order valence-corrected chi connectivity index (χ3v) is 3.51. The highest BCUT2D eigenvalue weighted by Gasteiger charge is 2.50. The molecule has 17 heavy (non-hydrogen) atoms. The summed E-state index contributed by atoms with van der Waals surface area (Å²) >= 11 is 0.940. The van der Waals surface area contributed by atoms with Crippen LogP contribution in [0.15, 0.2) is 5.16 Å². The van der Waals surface area contributed by atoms with Crippen LogP contribution in [0.1, 0.15) is 0 Å². The number of likely N-dealkylation sites (N-methyl/N-ethyl adjacent to an activating group) is 1. The van der Waals surface area contributed by atoms with Gasteiger partial charge >= 0.3 is 15.6 Å².